The van der Waals surface area contributed by atoms with Crippen molar-refractivity contribution < 1.29 is 0 Å². The van der Waals surface area contributed by atoms with E-state index in [-0.39, 0.29) is 0 Å². The number of nitrogens with one attached hydrogen (secondary N) is 1. The van der Waals surface area contributed by atoms with Gasteiger partial charge in [-0.2, -0.15) is 0 Å². The third-order valence-corrected chi connectivity index (χ3v) is 4.41. The largest absolute Gasteiger partial charge is 0.373 e. The first kappa shape index (κ1) is 16.0. The van der Waals surface area contributed by atoms with Crippen LogP contribution < -0.4 is 10.2 Å². The minimum atomic E-state index is 0.406. The minimum Gasteiger partial charge on any atom is -0.373 e. The molecule has 0 bridgehead atoms. The Labute approximate surface area is 128 Å². The predicted octanol–water partition coefficient (Wildman–Crippen LogP) is 2.42. The van der Waals surface area contributed by atoms with E-state index in [0.717, 1.165) is 24.1 Å². The fraction of sp³-hybridized carbons (Fsp3) is 0.750. The molecular formula is C16H29N5. The molecule has 1 aromatic heterocycles. The number of hydrogen-bond donors (Lipinski definition) is 1. The van der Waals surface area contributed by atoms with Gasteiger partial charge in [0.2, 0.25) is 0 Å². The number of likely N-dealkylation sites (tertiary alicyclic amines) is 1. The van der Waals surface area contributed by atoms with Crippen LogP contribution in [0.15, 0.2) is 6.33 Å². The number of nitrogens with zero attached hydrogens (tertiary/aromatic N) is 4. The summed E-state index contributed by atoms with van der Waals surface area (Å²) >= 11 is 0. The van der Waals surface area contributed by atoms with Crippen molar-refractivity contribution in [3.05, 3.63) is 11.9 Å². The third-order valence-electron chi connectivity index (χ3n) is 4.41. The third kappa shape index (κ3) is 3.84. The van der Waals surface area contributed by atoms with Gasteiger partial charge in [-0.3, -0.25) is 0 Å². The van der Waals surface area contributed by atoms with Crippen LogP contribution in [0.3, 0.4) is 0 Å². The summed E-state index contributed by atoms with van der Waals surface area (Å²) in [5.74, 6) is 3.19. The number of hydrogen-bond acceptors (Lipinski definition) is 5. The molecular weight excluding hydrogens is 262 g/mol. The molecule has 0 amide bonds. The smallest absolute Gasteiger partial charge is 0.137 e. The Morgan fingerprint density at radius 1 is 1.33 bits per heavy atom. The lowest BCUT2D eigenvalue weighted by Gasteiger charge is -2.33. The van der Waals surface area contributed by atoms with E-state index in [0.29, 0.717) is 5.92 Å². The zero-order valence-corrected chi connectivity index (χ0v) is 14.1. The highest BCUT2D eigenvalue weighted by Crippen LogP contribution is 2.31. The summed E-state index contributed by atoms with van der Waals surface area (Å²) in [5, 5.41) is 3.20. The van der Waals surface area contributed by atoms with Gasteiger partial charge in [-0.1, -0.05) is 13.8 Å². The first-order chi connectivity index (χ1) is 10.0. The quantitative estimate of drug-likeness (QED) is 0.902. The van der Waals surface area contributed by atoms with Crippen molar-refractivity contribution in [2.45, 2.75) is 32.6 Å². The second-order valence-electron chi connectivity index (χ2n) is 6.49. The van der Waals surface area contributed by atoms with Crippen LogP contribution in [-0.2, 0) is 0 Å². The van der Waals surface area contributed by atoms with Gasteiger partial charge >= 0.3 is 0 Å². The fourth-order valence-corrected chi connectivity index (χ4v) is 3.14. The second-order valence-corrected chi connectivity index (χ2v) is 6.49. The van der Waals surface area contributed by atoms with Crippen LogP contribution in [0.4, 0.5) is 11.6 Å². The van der Waals surface area contributed by atoms with Gasteiger partial charge in [0.1, 0.15) is 18.0 Å². The maximum atomic E-state index is 4.55. The number of piperidine rings is 1. The summed E-state index contributed by atoms with van der Waals surface area (Å²) in [7, 11) is 6.29. The van der Waals surface area contributed by atoms with E-state index in [4.69, 9.17) is 0 Å². The molecule has 0 aromatic carbocycles. The molecule has 1 saturated heterocycles. The molecule has 1 aliphatic heterocycles. The highest BCUT2D eigenvalue weighted by molar-refractivity contribution is 5.59. The normalized spacial score (nSPS) is 17.2. The van der Waals surface area contributed by atoms with Gasteiger partial charge in [-0.05, 0) is 44.8 Å². The Balaban J connectivity index is 2.13. The monoisotopic (exact) mass is 291 g/mol. The fourth-order valence-electron chi connectivity index (χ4n) is 3.14. The van der Waals surface area contributed by atoms with E-state index >= 15 is 0 Å². The van der Waals surface area contributed by atoms with Crippen molar-refractivity contribution in [2.75, 3.05) is 51.0 Å². The van der Waals surface area contributed by atoms with E-state index in [2.05, 4.69) is 53.0 Å². The summed E-state index contributed by atoms with van der Waals surface area (Å²) in [4.78, 5) is 13.6. The van der Waals surface area contributed by atoms with E-state index in [1.54, 1.807) is 6.33 Å². The lowest BCUT2D eigenvalue weighted by atomic mass is 9.96. The van der Waals surface area contributed by atoms with E-state index < -0.39 is 0 Å². The Morgan fingerprint density at radius 3 is 2.57 bits per heavy atom. The van der Waals surface area contributed by atoms with Gasteiger partial charge in [0.05, 0.1) is 0 Å². The van der Waals surface area contributed by atoms with Crippen LogP contribution in [0, 0.1) is 5.92 Å². The molecule has 0 aliphatic carbocycles. The summed E-state index contributed by atoms with van der Waals surface area (Å²) < 4.78 is 0. The van der Waals surface area contributed by atoms with Crippen LogP contribution in [0.25, 0.3) is 0 Å². The highest BCUT2D eigenvalue weighted by atomic mass is 15.2. The van der Waals surface area contributed by atoms with E-state index in [9.17, 15) is 0 Å². The average molecular weight is 291 g/mol. The van der Waals surface area contributed by atoms with Crippen LogP contribution in [-0.4, -0.2) is 55.6 Å². The standard InChI is InChI=1S/C16H29N5/c1-12(2)14-15(17-3)18-11-19-16(14)21(5)10-13-6-8-20(4)9-7-13/h11-13H,6-10H2,1-5H3,(H,17,18,19). The van der Waals surface area contributed by atoms with E-state index in [1.165, 1.54) is 31.5 Å². The van der Waals surface area contributed by atoms with Gasteiger partial charge in [0.25, 0.3) is 0 Å². The maximum absolute atomic E-state index is 4.55. The van der Waals surface area contributed by atoms with Gasteiger partial charge in [-0.15, -0.1) is 0 Å². The lowest BCUT2D eigenvalue weighted by molar-refractivity contribution is 0.222. The Kier molecular flexibility index (Phi) is 5.39. The maximum Gasteiger partial charge on any atom is 0.137 e. The molecule has 0 spiro atoms. The van der Waals surface area contributed by atoms with Crippen molar-refractivity contribution >= 4 is 11.6 Å². The molecule has 5 heteroatoms. The Morgan fingerprint density at radius 2 is 2.00 bits per heavy atom. The minimum absolute atomic E-state index is 0.406. The lowest BCUT2D eigenvalue weighted by Crippen LogP contribution is -2.36. The van der Waals surface area contributed by atoms with Crippen molar-refractivity contribution in [1.82, 2.24) is 14.9 Å². The van der Waals surface area contributed by atoms with Crippen molar-refractivity contribution in [2.24, 2.45) is 5.92 Å². The molecule has 2 rings (SSSR count). The summed E-state index contributed by atoms with van der Waals surface area (Å²) in [6.07, 6.45) is 4.22. The van der Waals surface area contributed by atoms with Crippen molar-refractivity contribution in [3.63, 3.8) is 0 Å². The molecule has 0 atom stereocenters. The van der Waals surface area contributed by atoms with Crippen molar-refractivity contribution in [3.8, 4) is 0 Å². The van der Waals surface area contributed by atoms with Crippen molar-refractivity contribution in [1.29, 1.82) is 0 Å². The van der Waals surface area contributed by atoms with Crippen LogP contribution in [0.2, 0.25) is 0 Å². The molecule has 0 saturated carbocycles. The van der Waals surface area contributed by atoms with Crippen LogP contribution >= 0.6 is 0 Å². The molecule has 2 heterocycles. The van der Waals surface area contributed by atoms with Gasteiger partial charge in [-0.25, -0.2) is 9.97 Å². The average Bonchev–Trinajstić information content (AvgIpc) is 2.48. The van der Waals surface area contributed by atoms with Crippen LogP contribution in [0.1, 0.15) is 38.2 Å². The second kappa shape index (κ2) is 7.07. The first-order valence-corrected chi connectivity index (χ1v) is 7.95. The van der Waals surface area contributed by atoms with Crippen LogP contribution in [0.5, 0.6) is 0 Å². The summed E-state index contributed by atoms with van der Waals surface area (Å²) in [6.45, 7) is 7.90. The molecule has 1 aromatic rings. The summed E-state index contributed by atoms with van der Waals surface area (Å²) in [5.41, 5.74) is 1.22. The number of aromatic nitrogens is 2. The predicted molar refractivity (Wildman–Crippen MR) is 89.2 cm³/mol. The highest BCUT2D eigenvalue weighted by Gasteiger charge is 2.22. The van der Waals surface area contributed by atoms with Gasteiger partial charge < -0.3 is 15.1 Å². The topological polar surface area (TPSA) is 44.3 Å². The zero-order chi connectivity index (χ0) is 15.4. The first-order valence-electron chi connectivity index (χ1n) is 7.95. The number of rotatable bonds is 5. The SMILES string of the molecule is CNc1ncnc(N(C)CC2CCN(C)CC2)c1C(C)C. The van der Waals surface area contributed by atoms with Gasteiger partial charge in [0.15, 0.2) is 0 Å². The molecule has 0 unspecified atom stereocenters. The molecule has 1 fully saturated rings. The molecule has 21 heavy (non-hydrogen) atoms. The molecule has 118 valence electrons. The van der Waals surface area contributed by atoms with Gasteiger partial charge in [0, 0.05) is 26.2 Å². The summed E-state index contributed by atoms with van der Waals surface area (Å²) in [6, 6.07) is 0. The Hall–Kier alpha value is -1.36. The molecule has 1 N–H and O–H groups in total. The molecule has 1 aliphatic rings. The Bertz CT molecular complexity index is 452. The molecule has 5 nitrogen and oxygen atoms in total. The van der Waals surface area contributed by atoms with E-state index in [1.807, 2.05) is 7.05 Å². The zero-order valence-electron chi connectivity index (χ0n) is 14.1. The molecule has 0 radical (unpaired) electrons. The number of anilines is 2.